The number of aromatic nitrogens is 4. The van der Waals surface area contributed by atoms with Gasteiger partial charge >= 0.3 is 0 Å². The Bertz CT molecular complexity index is 872. The number of anilines is 1. The van der Waals surface area contributed by atoms with E-state index in [0.29, 0.717) is 0 Å². The molecule has 1 saturated heterocycles. The number of nitrogens with two attached hydrogens (primary N) is 1. The summed E-state index contributed by atoms with van der Waals surface area (Å²) < 4.78 is 1.86. The molecule has 0 saturated carbocycles. The van der Waals surface area contributed by atoms with Crippen molar-refractivity contribution in [2.45, 2.75) is 25.3 Å². The van der Waals surface area contributed by atoms with Gasteiger partial charge in [-0.1, -0.05) is 0 Å². The minimum atomic E-state index is -0.349. The standard InChI is InChI=1S/C16H18N6OS/c17-13(23)9-22-6-4-18-14(22)11-2-1-5-21(8-11)15-12-3-7-24-16(12)20-10-19-15/h3-4,6-7,10-11H,1-2,5,8-9H2,(H2,17,23)/t11-/m0/s1. The van der Waals surface area contributed by atoms with E-state index in [1.165, 1.54) is 0 Å². The van der Waals surface area contributed by atoms with Gasteiger partial charge in [-0.2, -0.15) is 0 Å². The number of primary amides is 1. The number of fused-ring (bicyclic) bond motifs is 1. The second kappa shape index (κ2) is 6.20. The van der Waals surface area contributed by atoms with Gasteiger partial charge in [-0.3, -0.25) is 4.79 Å². The number of carbonyl (C=O) groups is 1. The topological polar surface area (TPSA) is 89.9 Å². The summed E-state index contributed by atoms with van der Waals surface area (Å²) in [6.07, 6.45) is 7.29. The summed E-state index contributed by atoms with van der Waals surface area (Å²) in [7, 11) is 0. The van der Waals surface area contributed by atoms with Crippen LogP contribution in [0.4, 0.5) is 5.82 Å². The third kappa shape index (κ3) is 2.73. The fourth-order valence-electron chi connectivity index (χ4n) is 3.39. The first-order valence-electron chi connectivity index (χ1n) is 7.95. The highest BCUT2D eigenvalue weighted by molar-refractivity contribution is 7.16. The number of amides is 1. The molecule has 1 aliphatic rings. The number of thiophene rings is 1. The zero-order chi connectivity index (χ0) is 16.5. The van der Waals surface area contributed by atoms with Crippen molar-refractivity contribution in [3.63, 3.8) is 0 Å². The molecule has 1 amide bonds. The zero-order valence-electron chi connectivity index (χ0n) is 13.1. The molecule has 3 aromatic heterocycles. The van der Waals surface area contributed by atoms with Crippen LogP contribution >= 0.6 is 11.3 Å². The molecule has 3 aromatic rings. The van der Waals surface area contributed by atoms with E-state index in [-0.39, 0.29) is 18.4 Å². The van der Waals surface area contributed by atoms with Gasteiger partial charge in [-0.25, -0.2) is 15.0 Å². The summed E-state index contributed by atoms with van der Waals surface area (Å²) in [6, 6.07) is 2.08. The summed E-state index contributed by atoms with van der Waals surface area (Å²) in [4.78, 5) is 27.9. The molecule has 0 bridgehead atoms. The molecule has 0 radical (unpaired) electrons. The number of hydrogen-bond acceptors (Lipinski definition) is 6. The second-order valence-corrected chi connectivity index (χ2v) is 6.90. The molecule has 7 nitrogen and oxygen atoms in total. The second-order valence-electron chi connectivity index (χ2n) is 6.00. The van der Waals surface area contributed by atoms with Gasteiger partial charge in [0.2, 0.25) is 5.91 Å². The van der Waals surface area contributed by atoms with E-state index >= 15 is 0 Å². The smallest absolute Gasteiger partial charge is 0.237 e. The van der Waals surface area contributed by atoms with Crippen LogP contribution in [0.2, 0.25) is 0 Å². The van der Waals surface area contributed by atoms with E-state index in [1.807, 2.05) is 16.1 Å². The molecule has 2 N–H and O–H groups in total. The van der Waals surface area contributed by atoms with Crippen LogP contribution in [0.1, 0.15) is 24.6 Å². The van der Waals surface area contributed by atoms with Gasteiger partial charge in [0, 0.05) is 31.4 Å². The maximum Gasteiger partial charge on any atom is 0.237 e. The third-order valence-electron chi connectivity index (χ3n) is 4.40. The van der Waals surface area contributed by atoms with Crippen molar-refractivity contribution < 1.29 is 4.79 Å². The van der Waals surface area contributed by atoms with Crippen LogP contribution in [-0.4, -0.2) is 38.5 Å². The number of hydrogen-bond donors (Lipinski definition) is 1. The Morgan fingerprint density at radius 3 is 3.17 bits per heavy atom. The van der Waals surface area contributed by atoms with Crippen molar-refractivity contribution in [3.05, 3.63) is 36.0 Å². The van der Waals surface area contributed by atoms with Crippen LogP contribution in [0.3, 0.4) is 0 Å². The highest BCUT2D eigenvalue weighted by atomic mass is 32.1. The molecule has 124 valence electrons. The largest absolute Gasteiger partial charge is 0.368 e. The lowest BCUT2D eigenvalue weighted by Gasteiger charge is -2.33. The Kier molecular flexibility index (Phi) is 3.89. The highest BCUT2D eigenvalue weighted by Crippen LogP contribution is 2.32. The maximum atomic E-state index is 11.3. The molecule has 0 aromatic carbocycles. The fourth-order valence-corrected chi connectivity index (χ4v) is 4.12. The average Bonchev–Trinajstić information content (AvgIpc) is 3.23. The monoisotopic (exact) mass is 342 g/mol. The summed E-state index contributed by atoms with van der Waals surface area (Å²) in [6.45, 7) is 1.97. The number of nitrogens with zero attached hydrogens (tertiary/aromatic N) is 5. The molecular formula is C16H18N6OS. The number of piperidine rings is 1. The molecule has 0 spiro atoms. The minimum Gasteiger partial charge on any atom is -0.368 e. The predicted molar refractivity (Wildman–Crippen MR) is 93.0 cm³/mol. The van der Waals surface area contributed by atoms with Crippen LogP contribution in [0.25, 0.3) is 10.2 Å². The Balaban J connectivity index is 1.61. The molecular weight excluding hydrogens is 324 g/mol. The van der Waals surface area contributed by atoms with E-state index in [4.69, 9.17) is 5.73 Å². The molecule has 1 fully saturated rings. The zero-order valence-corrected chi connectivity index (χ0v) is 13.9. The van der Waals surface area contributed by atoms with E-state index in [9.17, 15) is 4.79 Å². The van der Waals surface area contributed by atoms with Gasteiger partial charge in [-0.15, -0.1) is 11.3 Å². The Labute approximate surface area is 143 Å². The summed E-state index contributed by atoms with van der Waals surface area (Å²) in [5, 5.41) is 3.15. The van der Waals surface area contributed by atoms with E-state index < -0.39 is 0 Å². The van der Waals surface area contributed by atoms with Gasteiger partial charge < -0.3 is 15.2 Å². The lowest BCUT2D eigenvalue weighted by atomic mass is 9.97. The van der Waals surface area contributed by atoms with Crippen molar-refractivity contribution in [1.82, 2.24) is 19.5 Å². The van der Waals surface area contributed by atoms with Gasteiger partial charge in [0.25, 0.3) is 0 Å². The SMILES string of the molecule is NC(=O)Cn1ccnc1[C@H]1CCCN(c2ncnc3sccc23)C1. The lowest BCUT2D eigenvalue weighted by Crippen LogP contribution is -2.36. The third-order valence-corrected chi connectivity index (χ3v) is 5.22. The molecule has 8 heteroatoms. The first-order chi connectivity index (χ1) is 11.7. The van der Waals surface area contributed by atoms with Crippen LogP contribution in [0.5, 0.6) is 0 Å². The first-order valence-corrected chi connectivity index (χ1v) is 8.83. The van der Waals surface area contributed by atoms with E-state index in [2.05, 4.69) is 25.9 Å². The maximum absolute atomic E-state index is 11.3. The van der Waals surface area contributed by atoms with Crippen molar-refractivity contribution in [2.24, 2.45) is 5.73 Å². The molecule has 1 atom stereocenters. The van der Waals surface area contributed by atoms with Gasteiger partial charge in [-0.05, 0) is 24.3 Å². The summed E-state index contributed by atoms with van der Waals surface area (Å²) in [5.41, 5.74) is 5.34. The van der Waals surface area contributed by atoms with Gasteiger partial charge in [0.05, 0.1) is 5.39 Å². The predicted octanol–water partition coefficient (Wildman–Crippen LogP) is 1.76. The number of carbonyl (C=O) groups excluding carboxylic acids is 1. The van der Waals surface area contributed by atoms with Gasteiger partial charge in [0.15, 0.2) is 0 Å². The molecule has 24 heavy (non-hydrogen) atoms. The molecule has 4 rings (SSSR count). The Morgan fingerprint density at radius 1 is 1.38 bits per heavy atom. The van der Waals surface area contributed by atoms with Crippen molar-refractivity contribution >= 4 is 33.3 Å². The summed E-state index contributed by atoms with van der Waals surface area (Å²) in [5.74, 6) is 1.82. The van der Waals surface area contributed by atoms with Crippen molar-refractivity contribution in [1.29, 1.82) is 0 Å². The van der Waals surface area contributed by atoms with Crippen LogP contribution in [0, 0.1) is 0 Å². The minimum absolute atomic E-state index is 0.175. The fraction of sp³-hybridized carbons (Fsp3) is 0.375. The average molecular weight is 342 g/mol. The molecule has 4 heterocycles. The van der Waals surface area contributed by atoms with Crippen LogP contribution in [0.15, 0.2) is 30.2 Å². The molecule has 0 unspecified atom stereocenters. The highest BCUT2D eigenvalue weighted by Gasteiger charge is 2.26. The van der Waals surface area contributed by atoms with Crippen molar-refractivity contribution in [2.75, 3.05) is 18.0 Å². The molecule has 0 aliphatic carbocycles. The van der Waals surface area contributed by atoms with E-state index in [0.717, 1.165) is 47.8 Å². The Hall–Kier alpha value is -2.48. The van der Waals surface area contributed by atoms with Crippen LogP contribution in [-0.2, 0) is 11.3 Å². The first kappa shape index (κ1) is 15.1. The number of imidazole rings is 1. The van der Waals surface area contributed by atoms with Crippen molar-refractivity contribution in [3.8, 4) is 0 Å². The molecule has 1 aliphatic heterocycles. The number of rotatable bonds is 4. The lowest BCUT2D eigenvalue weighted by molar-refractivity contribution is -0.118. The van der Waals surface area contributed by atoms with Crippen LogP contribution < -0.4 is 10.6 Å². The Morgan fingerprint density at radius 2 is 2.29 bits per heavy atom. The van der Waals surface area contributed by atoms with E-state index in [1.54, 1.807) is 23.9 Å². The quantitative estimate of drug-likeness (QED) is 0.780. The van der Waals surface area contributed by atoms with Gasteiger partial charge in [0.1, 0.15) is 29.3 Å². The summed E-state index contributed by atoms with van der Waals surface area (Å²) >= 11 is 1.63. The normalized spacial score (nSPS) is 18.2.